The molecule has 2 atom stereocenters. The summed E-state index contributed by atoms with van der Waals surface area (Å²) < 4.78 is 39.3. The zero-order valence-electron chi connectivity index (χ0n) is 19.4. The third kappa shape index (κ3) is 5.76. The van der Waals surface area contributed by atoms with Crippen molar-refractivity contribution in [2.24, 2.45) is 10.9 Å². The Bertz CT molecular complexity index is 1160. The molecule has 2 N–H and O–H groups in total. The van der Waals surface area contributed by atoms with Crippen LogP contribution in [0.15, 0.2) is 35.6 Å². The van der Waals surface area contributed by atoms with Crippen LogP contribution in [0.4, 0.5) is 19.3 Å². The van der Waals surface area contributed by atoms with Gasteiger partial charge in [-0.05, 0) is 39.0 Å². The summed E-state index contributed by atoms with van der Waals surface area (Å²) in [6.45, 7) is 5.99. The highest BCUT2D eigenvalue weighted by Gasteiger charge is 2.47. The predicted molar refractivity (Wildman–Crippen MR) is 126 cm³/mol. The molecule has 0 radical (unpaired) electrons. The van der Waals surface area contributed by atoms with Crippen molar-refractivity contribution in [1.29, 1.82) is 0 Å². The number of benzene rings is 1. The van der Waals surface area contributed by atoms with Gasteiger partial charge in [0, 0.05) is 35.9 Å². The van der Waals surface area contributed by atoms with Gasteiger partial charge in [0.25, 0.3) is 5.91 Å². The lowest BCUT2D eigenvalue weighted by Crippen LogP contribution is -2.48. The van der Waals surface area contributed by atoms with Crippen molar-refractivity contribution in [1.82, 2.24) is 15.3 Å². The van der Waals surface area contributed by atoms with Crippen LogP contribution in [-0.2, 0) is 15.0 Å². The standard InChI is InChI=1S/C23H25F2N5O4S/c1-22(2,3)34-21(32)29-20-30-23(6-7-33-11-13(23)12-35-20)16-8-15(4-5-17(16)25)28-19(31)18-26-9-14(24)10-27-18/h4-5,8-10,13H,6-7,11-12H2,1-3H3,(H,28,31)(H,29,30,32)/t13?,23-/m0/s1. The SMILES string of the molecule is CC(C)(C)OC(=O)NC1=N[C@@]2(c3cc(NC(=O)c4ncc(F)cn4)ccc3F)CCOCC2CS1. The fourth-order valence-corrected chi connectivity index (χ4v) is 5.06. The van der Waals surface area contributed by atoms with Gasteiger partial charge in [-0.25, -0.2) is 23.5 Å². The maximum Gasteiger partial charge on any atom is 0.413 e. The van der Waals surface area contributed by atoms with Crippen molar-refractivity contribution in [3.63, 3.8) is 0 Å². The second kappa shape index (κ2) is 9.86. The van der Waals surface area contributed by atoms with E-state index in [1.54, 1.807) is 20.8 Å². The number of hydrogen-bond donors (Lipinski definition) is 2. The number of anilines is 1. The molecular weight excluding hydrogens is 480 g/mol. The number of halogens is 2. The molecule has 4 rings (SSSR count). The van der Waals surface area contributed by atoms with Gasteiger partial charge < -0.3 is 14.8 Å². The molecule has 2 aromatic rings. The zero-order valence-corrected chi connectivity index (χ0v) is 20.2. The van der Waals surface area contributed by atoms with Gasteiger partial charge in [-0.1, -0.05) is 11.8 Å². The minimum Gasteiger partial charge on any atom is -0.444 e. The van der Waals surface area contributed by atoms with Gasteiger partial charge in [-0.3, -0.25) is 15.1 Å². The van der Waals surface area contributed by atoms with Crippen molar-refractivity contribution in [3.8, 4) is 0 Å². The van der Waals surface area contributed by atoms with Gasteiger partial charge in [-0.2, -0.15) is 0 Å². The number of nitrogens with one attached hydrogen (secondary N) is 2. The Labute approximate surface area is 205 Å². The Morgan fingerprint density at radius 2 is 1.94 bits per heavy atom. The lowest BCUT2D eigenvalue weighted by Gasteiger charge is -2.44. The number of fused-ring (bicyclic) bond motifs is 1. The van der Waals surface area contributed by atoms with Crippen LogP contribution in [0.1, 0.15) is 43.4 Å². The Hall–Kier alpha value is -3.12. The van der Waals surface area contributed by atoms with Gasteiger partial charge in [-0.15, -0.1) is 0 Å². The minimum atomic E-state index is -1.01. The Morgan fingerprint density at radius 1 is 1.20 bits per heavy atom. The van der Waals surface area contributed by atoms with Crippen LogP contribution in [0.25, 0.3) is 0 Å². The quantitative estimate of drug-likeness (QED) is 0.651. The second-order valence-electron chi connectivity index (χ2n) is 9.17. The van der Waals surface area contributed by atoms with Gasteiger partial charge in [0.2, 0.25) is 5.82 Å². The van der Waals surface area contributed by atoms with E-state index in [9.17, 15) is 14.0 Å². The van der Waals surface area contributed by atoms with E-state index in [0.29, 0.717) is 36.2 Å². The number of aliphatic imine (C=N–C) groups is 1. The molecule has 0 bridgehead atoms. The fourth-order valence-electron chi connectivity index (χ4n) is 3.94. The Morgan fingerprint density at radius 3 is 2.66 bits per heavy atom. The lowest BCUT2D eigenvalue weighted by atomic mass is 9.75. The number of amidine groups is 1. The maximum atomic E-state index is 15.2. The first-order chi connectivity index (χ1) is 16.6. The minimum absolute atomic E-state index is 0.161. The second-order valence-corrected chi connectivity index (χ2v) is 10.2. The van der Waals surface area contributed by atoms with Crippen molar-refractivity contribution in [3.05, 3.63) is 53.6 Å². The Balaban J connectivity index is 1.65. The average Bonchev–Trinajstić information content (AvgIpc) is 2.79. The van der Waals surface area contributed by atoms with Crippen LogP contribution >= 0.6 is 11.8 Å². The number of nitrogens with zero attached hydrogens (tertiary/aromatic N) is 3. The van der Waals surface area contributed by atoms with E-state index in [1.165, 1.54) is 30.0 Å². The lowest BCUT2D eigenvalue weighted by molar-refractivity contribution is 0.00869. The number of aromatic nitrogens is 2. The van der Waals surface area contributed by atoms with Crippen molar-refractivity contribution in [2.75, 3.05) is 24.3 Å². The monoisotopic (exact) mass is 505 g/mol. The fraction of sp³-hybridized carbons (Fsp3) is 0.435. The van der Waals surface area contributed by atoms with Crippen LogP contribution < -0.4 is 10.6 Å². The molecule has 1 unspecified atom stereocenters. The molecule has 0 aliphatic carbocycles. The molecular formula is C23H25F2N5O4S. The van der Waals surface area contributed by atoms with Crippen LogP contribution in [0.2, 0.25) is 0 Å². The maximum absolute atomic E-state index is 15.2. The molecule has 1 aromatic heterocycles. The summed E-state index contributed by atoms with van der Waals surface area (Å²) in [5, 5.41) is 5.61. The summed E-state index contributed by atoms with van der Waals surface area (Å²) in [5.74, 6) is -1.69. The highest BCUT2D eigenvalue weighted by atomic mass is 32.2. The summed E-state index contributed by atoms with van der Waals surface area (Å²) in [7, 11) is 0. The van der Waals surface area contributed by atoms with Gasteiger partial charge in [0.1, 0.15) is 11.4 Å². The topological polar surface area (TPSA) is 115 Å². The third-order valence-electron chi connectivity index (χ3n) is 5.47. The third-order valence-corrected chi connectivity index (χ3v) is 6.50. The largest absolute Gasteiger partial charge is 0.444 e. The number of hydrogen-bond acceptors (Lipinski definition) is 8. The van der Waals surface area contributed by atoms with E-state index in [-0.39, 0.29) is 17.3 Å². The van der Waals surface area contributed by atoms with Crippen LogP contribution in [0, 0.1) is 17.6 Å². The molecule has 1 saturated heterocycles. The molecule has 12 heteroatoms. The summed E-state index contributed by atoms with van der Waals surface area (Å²) >= 11 is 1.33. The first-order valence-electron chi connectivity index (χ1n) is 10.9. The Kier molecular flexibility index (Phi) is 7.04. The number of rotatable bonds is 3. The van der Waals surface area contributed by atoms with Crippen molar-refractivity contribution < 1.29 is 27.8 Å². The first-order valence-corrected chi connectivity index (χ1v) is 11.9. The predicted octanol–water partition coefficient (Wildman–Crippen LogP) is 3.87. The summed E-state index contributed by atoms with van der Waals surface area (Å²) in [6.07, 6.45) is 1.51. The summed E-state index contributed by atoms with van der Waals surface area (Å²) in [4.78, 5) is 36.9. The van der Waals surface area contributed by atoms with Crippen LogP contribution in [0.3, 0.4) is 0 Å². The molecule has 0 saturated carbocycles. The van der Waals surface area contributed by atoms with Gasteiger partial charge in [0.05, 0.1) is 24.5 Å². The highest BCUT2D eigenvalue weighted by molar-refractivity contribution is 8.13. The molecule has 1 fully saturated rings. The summed E-state index contributed by atoms with van der Waals surface area (Å²) in [5.41, 5.74) is -1.12. The first kappa shape index (κ1) is 25.0. The molecule has 1 aromatic carbocycles. The number of carbonyl (C=O) groups excluding carboxylic acids is 2. The molecule has 9 nitrogen and oxygen atoms in total. The summed E-state index contributed by atoms with van der Waals surface area (Å²) in [6, 6.07) is 4.17. The molecule has 186 valence electrons. The molecule has 2 amide bonds. The van der Waals surface area contributed by atoms with Gasteiger partial charge >= 0.3 is 6.09 Å². The molecule has 35 heavy (non-hydrogen) atoms. The number of amides is 2. The highest BCUT2D eigenvalue weighted by Crippen LogP contribution is 2.46. The van der Waals surface area contributed by atoms with E-state index in [0.717, 1.165) is 12.4 Å². The van der Waals surface area contributed by atoms with E-state index in [4.69, 9.17) is 14.5 Å². The van der Waals surface area contributed by atoms with Crippen LogP contribution in [-0.4, -0.2) is 51.7 Å². The number of ether oxygens (including phenoxy) is 2. The number of thioether (sulfide) groups is 1. The van der Waals surface area contributed by atoms with Crippen molar-refractivity contribution in [2.45, 2.75) is 38.3 Å². The van der Waals surface area contributed by atoms with Crippen LogP contribution in [0.5, 0.6) is 0 Å². The number of carbonyl (C=O) groups is 2. The van der Waals surface area contributed by atoms with Gasteiger partial charge in [0.15, 0.2) is 11.0 Å². The van der Waals surface area contributed by atoms with E-state index < -0.39 is 34.8 Å². The van der Waals surface area contributed by atoms with E-state index in [1.807, 2.05) is 0 Å². The smallest absolute Gasteiger partial charge is 0.413 e. The molecule has 3 heterocycles. The number of alkyl carbamates (subject to hydrolysis) is 1. The molecule has 0 spiro atoms. The average molecular weight is 506 g/mol. The normalized spacial score (nSPS) is 22.0. The van der Waals surface area contributed by atoms with E-state index in [2.05, 4.69) is 20.6 Å². The zero-order chi connectivity index (χ0) is 25.2. The van der Waals surface area contributed by atoms with E-state index >= 15 is 4.39 Å². The molecule has 2 aliphatic heterocycles. The van der Waals surface area contributed by atoms with Crippen molar-refractivity contribution >= 4 is 34.6 Å². The molecule has 2 aliphatic rings.